The molecule has 1 aliphatic rings. The van der Waals surface area contributed by atoms with Crippen LogP contribution in [0.5, 0.6) is 0 Å². The number of fused-ring (bicyclic) bond motifs is 1. The number of hydrogen-bond donors (Lipinski definition) is 1. The van der Waals surface area contributed by atoms with Crippen LogP contribution in [0.25, 0.3) is 0 Å². The number of anilines is 1. The minimum Gasteiger partial charge on any atom is -0.348 e. The summed E-state index contributed by atoms with van der Waals surface area (Å²) in [5.74, 6) is -0.366. The number of carbonyl (C=O) groups is 1. The number of amides is 1. The Morgan fingerprint density at radius 2 is 1.89 bits per heavy atom. The summed E-state index contributed by atoms with van der Waals surface area (Å²) in [7, 11) is -3.64. The average molecular weight is 421 g/mol. The summed E-state index contributed by atoms with van der Waals surface area (Å²) >= 11 is 6.13. The van der Waals surface area contributed by atoms with Gasteiger partial charge in [0.1, 0.15) is 6.54 Å². The van der Waals surface area contributed by atoms with E-state index < -0.39 is 10.0 Å². The molecule has 2 aromatic rings. The van der Waals surface area contributed by atoms with E-state index in [0.29, 0.717) is 10.7 Å². The van der Waals surface area contributed by atoms with Crippen LogP contribution in [-0.2, 0) is 27.7 Å². The third-order valence-electron chi connectivity index (χ3n) is 5.13. The summed E-state index contributed by atoms with van der Waals surface area (Å²) in [6.45, 7) is 3.44. The molecule has 0 fully saturated rings. The van der Waals surface area contributed by atoms with Crippen molar-refractivity contribution in [3.05, 3.63) is 63.7 Å². The fourth-order valence-corrected chi connectivity index (χ4v) is 4.52. The van der Waals surface area contributed by atoms with Gasteiger partial charge in [-0.3, -0.25) is 9.10 Å². The lowest BCUT2D eigenvalue weighted by Crippen LogP contribution is -2.41. The number of aryl methyl sites for hydroxylation is 3. The van der Waals surface area contributed by atoms with E-state index in [-0.39, 0.29) is 18.5 Å². The monoisotopic (exact) mass is 420 g/mol. The van der Waals surface area contributed by atoms with Crippen molar-refractivity contribution in [3.8, 4) is 0 Å². The molecule has 0 unspecified atom stereocenters. The van der Waals surface area contributed by atoms with E-state index in [1.54, 1.807) is 18.2 Å². The van der Waals surface area contributed by atoms with E-state index in [4.69, 9.17) is 11.6 Å². The van der Waals surface area contributed by atoms with Crippen LogP contribution in [0.1, 0.15) is 41.6 Å². The van der Waals surface area contributed by atoms with Crippen LogP contribution in [0, 0.1) is 6.92 Å². The van der Waals surface area contributed by atoms with Gasteiger partial charge in [-0.15, -0.1) is 0 Å². The molecule has 150 valence electrons. The Balaban J connectivity index is 1.74. The molecule has 1 amide bonds. The van der Waals surface area contributed by atoms with Gasteiger partial charge < -0.3 is 5.32 Å². The Labute approximate surface area is 171 Å². The second kappa shape index (κ2) is 8.13. The molecule has 0 bridgehead atoms. The minimum atomic E-state index is -3.64. The van der Waals surface area contributed by atoms with Crippen LogP contribution < -0.4 is 9.62 Å². The van der Waals surface area contributed by atoms with Gasteiger partial charge >= 0.3 is 0 Å². The van der Waals surface area contributed by atoms with Crippen LogP contribution in [0.15, 0.2) is 36.4 Å². The molecule has 0 radical (unpaired) electrons. The molecule has 1 aliphatic carbocycles. The third-order valence-corrected chi connectivity index (χ3v) is 6.68. The van der Waals surface area contributed by atoms with Gasteiger partial charge in [0.15, 0.2) is 0 Å². The third kappa shape index (κ3) is 4.67. The van der Waals surface area contributed by atoms with Crippen molar-refractivity contribution < 1.29 is 13.2 Å². The van der Waals surface area contributed by atoms with E-state index in [1.165, 1.54) is 17.5 Å². The lowest BCUT2D eigenvalue weighted by atomic mass is 10.0. The Hall–Kier alpha value is -2.05. The normalized spacial score (nSPS) is 14.4. The zero-order valence-electron chi connectivity index (χ0n) is 16.3. The number of carbonyl (C=O) groups excluding carboxylic acids is 1. The molecule has 0 aliphatic heterocycles. The number of halogens is 1. The molecule has 0 aromatic heterocycles. The summed E-state index contributed by atoms with van der Waals surface area (Å²) in [4.78, 5) is 12.6. The number of rotatable bonds is 6. The predicted molar refractivity (Wildman–Crippen MR) is 113 cm³/mol. The van der Waals surface area contributed by atoms with Gasteiger partial charge in [0.05, 0.1) is 18.0 Å². The van der Waals surface area contributed by atoms with E-state index in [9.17, 15) is 13.2 Å². The standard InChI is InChI=1S/C21H25ClN2O3S/c1-14-7-10-19(12-20(14)22)24(28(3,26)27)13-21(25)23-15(2)17-9-8-16-5-4-6-18(16)11-17/h7-12,15H,4-6,13H2,1-3H3,(H,23,25)/t15-/m1/s1. The summed E-state index contributed by atoms with van der Waals surface area (Å²) in [6.07, 6.45) is 4.43. The van der Waals surface area contributed by atoms with Crippen LogP contribution in [-0.4, -0.2) is 27.1 Å². The van der Waals surface area contributed by atoms with Crippen molar-refractivity contribution in [3.63, 3.8) is 0 Å². The van der Waals surface area contributed by atoms with E-state index >= 15 is 0 Å². The predicted octanol–water partition coefficient (Wildman–Crippen LogP) is 3.78. The molecule has 0 heterocycles. The Morgan fingerprint density at radius 1 is 1.18 bits per heavy atom. The topological polar surface area (TPSA) is 66.5 Å². The van der Waals surface area contributed by atoms with Crippen LogP contribution >= 0.6 is 11.6 Å². The van der Waals surface area contributed by atoms with Crippen molar-refractivity contribution in [1.82, 2.24) is 5.32 Å². The number of sulfonamides is 1. The maximum absolute atomic E-state index is 12.6. The first-order valence-electron chi connectivity index (χ1n) is 9.30. The summed E-state index contributed by atoms with van der Waals surface area (Å²) < 4.78 is 25.6. The molecule has 0 saturated carbocycles. The van der Waals surface area contributed by atoms with Crippen molar-refractivity contribution in [2.75, 3.05) is 17.1 Å². The zero-order valence-corrected chi connectivity index (χ0v) is 17.9. The number of benzene rings is 2. The molecule has 5 nitrogen and oxygen atoms in total. The summed E-state index contributed by atoms with van der Waals surface area (Å²) in [5, 5.41) is 3.36. The van der Waals surface area contributed by atoms with Gasteiger partial charge in [-0.1, -0.05) is 35.9 Å². The highest BCUT2D eigenvalue weighted by Crippen LogP contribution is 2.26. The van der Waals surface area contributed by atoms with Gasteiger partial charge in [-0.25, -0.2) is 8.42 Å². The first kappa shape index (κ1) is 20.7. The van der Waals surface area contributed by atoms with Crippen molar-refractivity contribution in [2.45, 2.75) is 39.2 Å². The van der Waals surface area contributed by atoms with Crippen molar-refractivity contribution in [2.24, 2.45) is 0 Å². The molecule has 0 saturated heterocycles. The van der Waals surface area contributed by atoms with Crippen LogP contribution in [0.3, 0.4) is 0 Å². The smallest absolute Gasteiger partial charge is 0.241 e. The number of hydrogen-bond acceptors (Lipinski definition) is 3. The fourth-order valence-electron chi connectivity index (χ4n) is 3.50. The first-order chi connectivity index (χ1) is 13.1. The van der Waals surface area contributed by atoms with E-state index in [1.807, 2.05) is 19.9 Å². The fraction of sp³-hybridized carbons (Fsp3) is 0.381. The van der Waals surface area contributed by atoms with Gasteiger partial charge in [-0.2, -0.15) is 0 Å². The van der Waals surface area contributed by atoms with Gasteiger partial charge in [0.25, 0.3) is 0 Å². The summed E-state index contributed by atoms with van der Waals surface area (Å²) in [6, 6.07) is 11.0. The second-order valence-corrected chi connectivity index (χ2v) is 9.69. The molecule has 1 atom stereocenters. The van der Waals surface area contributed by atoms with Crippen molar-refractivity contribution in [1.29, 1.82) is 0 Å². The van der Waals surface area contributed by atoms with Crippen molar-refractivity contribution >= 4 is 33.2 Å². The Morgan fingerprint density at radius 3 is 2.57 bits per heavy atom. The zero-order chi connectivity index (χ0) is 20.5. The van der Waals surface area contributed by atoms with Gasteiger partial charge in [0.2, 0.25) is 15.9 Å². The SMILES string of the molecule is Cc1ccc(N(CC(=O)N[C@H](C)c2ccc3c(c2)CCC3)S(C)(=O)=O)cc1Cl. The molecule has 3 rings (SSSR count). The number of nitrogens with one attached hydrogen (secondary N) is 1. The molecule has 0 spiro atoms. The molecule has 28 heavy (non-hydrogen) atoms. The van der Waals surface area contributed by atoms with E-state index in [0.717, 1.165) is 34.5 Å². The van der Waals surface area contributed by atoms with Crippen LogP contribution in [0.2, 0.25) is 5.02 Å². The highest BCUT2D eigenvalue weighted by atomic mass is 35.5. The van der Waals surface area contributed by atoms with Gasteiger partial charge in [-0.05, 0) is 67.5 Å². The highest BCUT2D eigenvalue weighted by molar-refractivity contribution is 7.92. The quantitative estimate of drug-likeness (QED) is 0.773. The Bertz CT molecular complexity index is 1000. The number of nitrogens with zero attached hydrogens (tertiary/aromatic N) is 1. The highest BCUT2D eigenvalue weighted by Gasteiger charge is 2.23. The minimum absolute atomic E-state index is 0.207. The largest absolute Gasteiger partial charge is 0.348 e. The maximum Gasteiger partial charge on any atom is 0.241 e. The molecule has 1 N–H and O–H groups in total. The van der Waals surface area contributed by atoms with Gasteiger partial charge in [0, 0.05) is 5.02 Å². The maximum atomic E-state index is 12.6. The van der Waals surface area contributed by atoms with Crippen LogP contribution in [0.4, 0.5) is 5.69 Å². The van der Waals surface area contributed by atoms with E-state index in [2.05, 4.69) is 17.4 Å². The molecule has 2 aromatic carbocycles. The molecular weight excluding hydrogens is 396 g/mol. The second-order valence-electron chi connectivity index (χ2n) is 7.37. The molecule has 7 heteroatoms. The lowest BCUT2D eigenvalue weighted by molar-refractivity contribution is -0.120. The summed E-state index contributed by atoms with van der Waals surface area (Å²) in [5.41, 5.74) is 4.96. The average Bonchev–Trinajstić information content (AvgIpc) is 3.09. The molecular formula is C21H25ClN2O3S. The Kier molecular flexibility index (Phi) is 6.01. The lowest BCUT2D eigenvalue weighted by Gasteiger charge is -2.24. The first-order valence-corrected chi connectivity index (χ1v) is 11.5.